The Hall–Kier alpha value is -5.97. The first-order valence-corrected chi connectivity index (χ1v) is 14.9. The zero-order valence-electron chi connectivity index (χ0n) is 25.3. The SMILES string of the molecule is CCCCc1cc(NC(=O)Nc2ccc(Oc3ccnc(Nc4ccc(O)c(F)c4)n3)c3ccccc23)n(-c2ccc(C)cc2)n1. The Morgan fingerprint density at radius 3 is 2.54 bits per heavy atom. The van der Waals surface area contributed by atoms with E-state index in [0.717, 1.165) is 53.0 Å². The van der Waals surface area contributed by atoms with Crippen LogP contribution in [0.25, 0.3) is 16.5 Å². The second-order valence-electron chi connectivity index (χ2n) is 10.7. The lowest BCUT2D eigenvalue weighted by Gasteiger charge is -2.14. The number of nitrogens with one attached hydrogen (secondary N) is 3. The maximum Gasteiger partial charge on any atom is 0.324 e. The first-order chi connectivity index (χ1) is 22.4. The predicted octanol–water partition coefficient (Wildman–Crippen LogP) is 8.49. The Morgan fingerprint density at radius 1 is 0.957 bits per heavy atom. The van der Waals surface area contributed by atoms with Crippen LogP contribution in [0.5, 0.6) is 17.4 Å². The van der Waals surface area contributed by atoms with Gasteiger partial charge in [0.2, 0.25) is 11.8 Å². The molecule has 0 unspecified atom stereocenters. The topological polar surface area (TPSA) is 126 Å². The van der Waals surface area contributed by atoms with Gasteiger partial charge in [0.15, 0.2) is 11.6 Å². The van der Waals surface area contributed by atoms with Crippen LogP contribution in [-0.2, 0) is 6.42 Å². The third-order valence-corrected chi connectivity index (χ3v) is 7.25. The molecule has 2 heterocycles. The van der Waals surface area contributed by atoms with E-state index in [9.17, 15) is 14.3 Å². The molecule has 4 aromatic carbocycles. The van der Waals surface area contributed by atoms with Gasteiger partial charge in [-0.15, -0.1) is 0 Å². The van der Waals surface area contributed by atoms with Crippen LogP contribution >= 0.6 is 0 Å². The Labute approximate surface area is 264 Å². The van der Waals surface area contributed by atoms with Gasteiger partial charge in [-0.1, -0.05) is 55.3 Å². The number of benzene rings is 4. The normalized spacial score (nSPS) is 10.9. The van der Waals surface area contributed by atoms with Crippen molar-refractivity contribution >= 4 is 39.9 Å². The molecule has 11 heteroatoms. The number of nitrogens with zero attached hydrogens (tertiary/aromatic N) is 4. The highest BCUT2D eigenvalue weighted by Gasteiger charge is 2.15. The summed E-state index contributed by atoms with van der Waals surface area (Å²) in [6.45, 7) is 4.16. The Morgan fingerprint density at radius 2 is 1.76 bits per heavy atom. The molecule has 2 aromatic heterocycles. The molecular formula is C35H32FN7O3. The van der Waals surface area contributed by atoms with E-state index in [1.165, 1.54) is 18.3 Å². The van der Waals surface area contributed by atoms with Crippen LogP contribution in [0.3, 0.4) is 0 Å². The van der Waals surface area contributed by atoms with Crippen LogP contribution in [0.2, 0.25) is 0 Å². The summed E-state index contributed by atoms with van der Waals surface area (Å²) < 4.78 is 21.7. The van der Waals surface area contributed by atoms with Gasteiger partial charge in [0, 0.05) is 40.9 Å². The lowest BCUT2D eigenvalue weighted by molar-refractivity contribution is 0.262. The van der Waals surface area contributed by atoms with E-state index in [4.69, 9.17) is 9.84 Å². The number of hydrogen-bond donors (Lipinski definition) is 4. The lowest BCUT2D eigenvalue weighted by atomic mass is 10.1. The highest BCUT2D eigenvalue weighted by Crippen LogP contribution is 2.34. The number of carbonyl (C=O) groups is 1. The summed E-state index contributed by atoms with van der Waals surface area (Å²) >= 11 is 0. The van der Waals surface area contributed by atoms with Gasteiger partial charge >= 0.3 is 6.03 Å². The molecule has 6 aromatic rings. The van der Waals surface area contributed by atoms with E-state index in [2.05, 4.69) is 32.8 Å². The van der Waals surface area contributed by atoms with Crippen LogP contribution in [0.4, 0.5) is 32.3 Å². The summed E-state index contributed by atoms with van der Waals surface area (Å²) in [4.78, 5) is 21.9. The van der Waals surface area contributed by atoms with E-state index in [-0.39, 0.29) is 11.8 Å². The van der Waals surface area contributed by atoms with Crippen molar-refractivity contribution in [3.8, 4) is 23.1 Å². The number of phenolic OH excluding ortho intramolecular Hbond substituents is 1. The van der Waals surface area contributed by atoms with Crippen LogP contribution in [0.15, 0.2) is 97.2 Å². The maximum atomic E-state index is 13.8. The average Bonchev–Trinajstić information content (AvgIpc) is 3.45. The highest BCUT2D eigenvalue weighted by molar-refractivity contribution is 6.07. The van der Waals surface area contributed by atoms with Crippen LogP contribution < -0.4 is 20.7 Å². The number of anilines is 4. The van der Waals surface area contributed by atoms with Gasteiger partial charge in [-0.3, -0.25) is 5.32 Å². The Balaban J connectivity index is 1.21. The van der Waals surface area contributed by atoms with Crippen molar-refractivity contribution in [1.29, 1.82) is 0 Å². The molecule has 0 saturated carbocycles. The van der Waals surface area contributed by atoms with Gasteiger partial charge in [0.25, 0.3) is 0 Å². The highest BCUT2D eigenvalue weighted by atomic mass is 19.1. The first-order valence-electron chi connectivity index (χ1n) is 14.9. The first kappa shape index (κ1) is 30.1. The standard InChI is InChI=1S/C35H32FN7O3/c1-3-4-7-24-21-32(43(42-24)25-13-10-22(2)11-14-25)40-35(45)39-29-15-17-31(27-9-6-5-8-26(27)29)46-33-18-19-37-34(41-33)38-23-12-16-30(44)28(36)20-23/h5-6,8-21,44H,3-4,7H2,1-2H3,(H,37,38,41)(H2,39,40,45). The van der Waals surface area contributed by atoms with E-state index in [1.807, 2.05) is 61.5 Å². The number of urea groups is 1. The fourth-order valence-electron chi connectivity index (χ4n) is 4.91. The van der Waals surface area contributed by atoms with E-state index in [0.29, 0.717) is 22.9 Å². The zero-order valence-corrected chi connectivity index (χ0v) is 25.3. The molecule has 0 saturated heterocycles. The van der Waals surface area contributed by atoms with Crippen molar-refractivity contribution in [2.75, 3.05) is 16.0 Å². The molecular weight excluding hydrogens is 585 g/mol. The van der Waals surface area contributed by atoms with Crippen molar-refractivity contribution in [1.82, 2.24) is 19.7 Å². The molecule has 46 heavy (non-hydrogen) atoms. The number of carbonyl (C=O) groups excluding carboxylic acids is 1. The third-order valence-electron chi connectivity index (χ3n) is 7.25. The average molecular weight is 618 g/mol. The van der Waals surface area contributed by atoms with Crippen LogP contribution in [0, 0.1) is 12.7 Å². The number of aromatic nitrogens is 4. The molecule has 0 radical (unpaired) electrons. The molecule has 0 aliphatic heterocycles. The fraction of sp³-hybridized carbons (Fsp3) is 0.143. The monoisotopic (exact) mass is 617 g/mol. The van der Waals surface area contributed by atoms with E-state index < -0.39 is 17.6 Å². The Bertz CT molecular complexity index is 2010. The quantitative estimate of drug-likeness (QED) is 0.114. The molecule has 6 rings (SSSR count). The van der Waals surface area contributed by atoms with Crippen molar-refractivity contribution in [2.24, 2.45) is 0 Å². The van der Waals surface area contributed by atoms with Crippen LogP contribution in [0.1, 0.15) is 31.0 Å². The lowest BCUT2D eigenvalue weighted by Crippen LogP contribution is -2.21. The number of unbranched alkanes of at least 4 members (excludes halogenated alkanes) is 1. The number of aryl methyl sites for hydroxylation is 2. The van der Waals surface area contributed by atoms with E-state index in [1.54, 1.807) is 22.9 Å². The molecule has 2 amide bonds. The minimum absolute atomic E-state index is 0.185. The summed E-state index contributed by atoms with van der Waals surface area (Å²) in [6, 6.07) is 26.0. The summed E-state index contributed by atoms with van der Waals surface area (Å²) in [7, 11) is 0. The number of hydrogen-bond acceptors (Lipinski definition) is 7. The van der Waals surface area contributed by atoms with Gasteiger partial charge in [0.1, 0.15) is 11.6 Å². The molecule has 10 nitrogen and oxygen atoms in total. The molecule has 0 bridgehead atoms. The smallest absolute Gasteiger partial charge is 0.324 e. The van der Waals surface area contributed by atoms with Crippen molar-refractivity contribution < 1.29 is 19.0 Å². The number of aromatic hydroxyl groups is 1. The minimum atomic E-state index is -0.764. The van der Waals surface area contributed by atoms with Gasteiger partial charge in [-0.2, -0.15) is 10.1 Å². The zero-order chi connectivity index (χ0) is 32.0. The number of ether oxygens (including phenoxy) is 1. The van der Waals surface area contributed by atoms with Gasteiger partial charge < -0.3 is 20.5 Å². The summed E-state index contributed by atoms with van der Waals surface area (Å²) in [5, 5.41) is 24.6. The third kappa shape index (κ3) is 6.88. The number of phenols is 1. The molecule has 0 spiro atoms. The molecule has 0 atom stereocenters. The minimum Gasteiger partial charge on any atom is -0.505 e. The number of rotatable bonds is 10. The summed E-state index contributed by atoms with van der Waals surface area (Å²) in [6.07, 6.45) is 4.38. The second kappa shape index (κ2) is 13.3. The summed E-state index contributed by atoms with van der Waals surface area (Å²) in [5.41, 5.74) is 3.85. The number of fused-ring (bicyclic) bond motifs is 1. The molecule has 4 N–H and O–H groups in total. The fourth-order valence-corrected chi connectivity index (χ4v) is 4.91. The van der Waals surface area contributed by atoms with Crippen molar-refractivity contribution in [2.45, 2.75) is 33.1 Å². The molecule has 0 aliphatic rings. The summed E-state index contributed by atoms with van der Waals surface area (Å²) in [5.74, 6) is 0.309. The van der Waals surface area contributed by atoms with E-state index >= 15 is 0 Å². The van der Waals surface area contributed by atoms with Gasteiger partial charge in [0.05, 0.1) is 17.1 Å². The van der Waals surface area contributed by atoms with Gasteiger partial charge in [-0.25, -0.2) is 18.9 Å². The molecule has 0 aliphatic carbocycles. The predicted molar refractivity (Wildman–Crippen MR) is 177 cm³/mol. The number of amides is 2. The second-order valence-corrected chi connectivity index (χ2v) is 10.7. The largest absolute Gasteiger partial charge is 0.505 e. The van der Waals surface area contributed by atoms with Gasteiger partial charge in [-0.05, 0) is 56.2 Å². The molecule has 0 fully saturated rings. The maximum absolute atomic E-state index is 13.8. The van der Waals surface area contributed by atoms with Crippen molar-refractivity contribution in [3.05, 3.63) is 114 Å². The number of halogens is 1. The molecule has 232 valence electrons. The van der Waals surface area contributed by atoms with Crippen molar-refractivity contribution in [3.63, 3.8) is 0 Å². The Kier molecular flexibility index (Phi) is 8.73. The van der Waals surface area contributed by atoms with Crippen LogP contribution in [-0.4, -0.2) is 30.9 Å².